The van der Waals surface area contributed by atoms with Crippen LogP contribution in [0.5, 0.6) is 0 Å². The topological polar surface area (TPSA) is 75.3 Å². The third kappa shape index (κ3) is 2.31. The fourth-order valence-corrected chi connectivity index (χ4v) is 3.10. The van der Waals surface area contributed by atoms with Gasteiger partial charge in [-0.1, -0.05) is 0 Å². The van der Waals surface area contributed by atoms with Gasteiger partial charge in [0.1, 0.15) is 11.4 Å². The first kappa shape index (κ1) is 16.0. The molecule has 1 aromatic carbocycles. The lowest BCUT2D eigenvalue weighted by Gasteiger charge is -2.31. The maximum Gasteiger partial charge on any atom is 0.343 e. The highest BCUT2D eigenvalue weighted by molar-refractivity contribution is 5.95. The lowest BCUT2D eigenvalue weighted by Crippen LogP contribution is -2.39. The second-order valence-corrected chi connectivity index (χ2v) is 5.61. The third-order valence-corrected chi connectivity index (χ3v) is 4.24. The molecule has 7 heteroatoms. The smallest absolute Gasteiger partial charge is 0.343 e. The lowest BCUT2D eigenvalue weighted by molar-refractivity contribution is 0.0524. The second kappa shape index (κ2) is 5.96. The van der Waals surface area contributed by atoms with Gasteiger partial charge in [0.2, 0.25) is 5.43 Å². The normalized spacial score (nSPS) is 13.0. The van der Waals surface area contributed by atoms with Crippen LogP contribution in [0.1, 0.15) is 28.4 Å². The molecule has 0 spiro atoms. The quantitative estimate of drug-likeness (QED) is 0.798. The van der Waals surface area contributed by atoms with Crippen molar-refractivity contribution in [2.24, 2.45) is 0 Å². The largest absolute Gasteiger partial charge is 0.462 e. The molecular formula is C17H16FN3O3. The molecule has 2 aromatic rings. The number of benzene rings is 1. The number of carbonyl (C=O) groups excluding carboxylic acids is 1. The van der Waals surface area contributed by atoms with E-state index < -0.39 is 17.2 Å². The van der Waals surface area contributed by atoms with Crippen LogP contribution in [-0.2, 0) is 17.6 Å². The molecule has 0 N–H and O–H groups in total. The second-order valence-electron chi connectivity index (χ2n) is 5.61. The Balaban J connectivity index is 2.40. The van der Waals surface area contributed by atoms with E-state index in [1.165, 1.54) is 6.20 Å². The molecule has 1 aliphatic rings. The van der Waals surface area contributed by atoms with Gasteiger partial charge < -0.3 is 9.75 Å². The van der Waals surface area contributed by atoms with Gasteiger partial charge in [-0.15, -0.1) is 0 Å². The summed E-state index contributed by atoms with van der Waals surface area (Å²) in [6.45, 7) is 2.38. The summed E-state index contributed by atoms with van der Waals surface area (Å²) >= 11 is 0. The van der Waals surface area contributed by atoms with E-state index in [-0.39, 0.29) is 24.0 Å². The number of likely N-dealkylation sites (N-methyl/N-ethyl adjacent to an activating group) is 1. The third-order valence-electron chi connectivity index (χ3n) is 4.24. The first-order valence-corrected chi connectivity index (χ1v) is 7.64. The van der Waals surface area contributed by atoms with E-state index in [4.69, 9.17) is 10.00 Å². The first-order valence-electron chi connectivity index (χ1n) is 7.64. The predicted molar refractivity (Wildman–Crippen MR) is 86.2 cm³/mol. The summed E-state index contributed by atoms with van der Waals surface area (Å²) in [6.07, 6.45) is 1.90. The van der Waals surface area contributed by atoms with Crippen LogP contribution in [0.3, 0.4) is 0 Å². The average Bonchev–Trinajstić information content (AvgIpc) is 2.55. The zero-order chi connectivity index (χ0) is 17.4. The minimum absolute atomic E-state index is 0.0609. The molecule has 1 aliphatic heterocycles. The number of halogens is 1. The molecule has 6 nitrogen and oxygen atoms in total. The number of nitriles is 1. The van der Waals surface area contributed by atoms with Crippen LogP contribution in [-0.4, -0.2) is 30.8 Å². The summed E-state index contributed by atoms with van der Waals surface area (Å²) in [5.41, 5.74) is 0.830. The van der Waals surface area contributed by atoms with Gasteiger partial charge in [-0.3, -0.25) is 9.47 Å². The molecule has 124 valence electrons. The van der Waals surface area contributed by atoms with E-state index in [1.807, 2.05) is 18.1 Å². The maximum atomic E-state index is 14.4. The molecule has 0 amide bonds. The zero-order valence-electron chi connectivity index (χ0n) is 13.4. The monoisotopic (exact) mass is 329 g/mol. The molecule has 0 saturated carbocycles. The van der Waals surface area contributed by atoms with Crippen LogP contribution in [0.15, 0.2) is 17.1 Å². The Morgan fingerprint density at radius 1 is 1.50 bits per heavy atom. The zero-order valence-corrected chi connectivity index (χ0v) is 13.4. The van der Waals surface area contributed by atoms with Gasteiger partial charge >= 0.3 is 5.97 Å². The fourth-order valence-electron chi connectivity index (χ4n) is 3.10. The van der Waals surface area contributed by atoms with Crippen LogP contribution >= 0.6 is 0 Å². The maximum absolute atomic E-state index is 14.4. The number of hydrogen-bond acceptors (Lipinski definition) is 5. The summed E-state index contributed by atoms with van der Waals surface area (Å²) in [6, 6.07) is 3.08. The van der Waals surface area contributed by atoms with E-state index >= 15 is 0 Å². The van der Waals surface area contributed by atoms with Gasteiger partial charge in [0, 0.05) is 25.4 Å². The number of hydrogen-bond donors (Lipinski definition) is 0. The number of esters is 1. The number of rotatable bonds is 3. The van der Waals surface area contributed by atoms with E-state index in [0.717, 1.165) is 6.07 Å². The Hall–Kier alpha value is -2.88. The summed E-state index contributed by atoms with van der Waals surface area (Å²) in [5, 5.41) is 10.9. The Kier molecular flexibility index (Phi) is 3.97. The Bertz CT molecular complexity index is 943. The minimum Gasteiger partial charge on any atom is -0.462 e. The van der Waals surface area contributed by atoms with Crippen LogP contribution in [0.2, 0.25) is 0 Å². The van der Waals surface area contributed by atoms with Gasteiger partial charge in [-0.25, -0.2) is 9.18 Å². The van der Waals surface area contributed by atoms with Crippen LogP contribution < -0.4 is 10.4 Å². The highest BCUT2D eigenvalue weighted by atomic mass is 19.1. The summed E-state index contributed by atoms with van der Waals surface area (Å²) in [7, 11) is 1.81. The van der Waals surface area contributed by atoms with Crippen molar-refractivity contribution >= 4 is 16.9 Å². The molecule has 3 rings (SSSR count). The summed E-state index contributed by atoms with van der Waals surface area (Å²) in [5.74, 6) is -1.32. The summed E-state index contributed by atoms with van der Waals surface area (Å²) in [4.78, 5) is 24.7. The number of ether oxygens (including phenoxy) is 1. The van der Waals surface area contributed by atoms with E-state index in [9.17, 15) is 14.0 Å². The first-order chi connectivity index (χ1) is 11.5. The minimum atomic E-state index is -0.727. The molecule has 0 saturated heterocycles. The van der Waals surface area contributed by atoms with Gasteiger partial charge in [0.05, 0.1) is 30.0 Å². The molecule has 1 aromatic heterocycles. The van der Waals surface area contributed by atoms with E-state index in [2.05, 4.69) is 0 Å². The van der Waals surface area contributed by atoms with Crippen molar-refractivity contribution in [3.63, 3.8) is 0 Å². The molecule has 0 fully saturated rings. The Morgan fingerprint density at radius 2 is 2.25 bits per heavy atom. The molecule has 0 atom stereocenters. The molecule has 0 radical (unpaired) electrons. The molecule has 0 bridgehead atoms. The molecule has 0 unspecified atom stereocenters. The highest BCUT2D eigenvalue weighted by Crippen LogP contribution is 2.28. The lowest BCUT2D eigenvalue weighted by atomic mass is 9.95. The van der Waals surface area contributed by atoms with Crippen molar-refractivity contribution in [3.05, 3.63) is 45.0 Å². The molecular weight excluding hydrogens is 313 g/mol. The molecule has 2 heterocycles. The SMILES string of the molecule is CCOC(=O)c1cn2c3c(c(CC#N)c(F)cc3c1=O)CCN2C. The van der Waals surface area contributed by atoms with E-state index in [0.29, 0.717) is 29.6 Å². The Morgan fingerprint density at radius 3 is 2.92 bits per heavy atom. The predicted octanol–water partition coefficient (Wildman–Crippen LogP) is 1.51. The fraction of sp³-hybridized carbons (Fsp3) is 0.353. The number of nitrogens with zero attached hydrogens (tertiary/aromatic N) is 3. The van der Waals surface area contributed by atoms with Crippen molar-refractivity contribution in [3.8, 4) is 6.07 Å². The number of aromatic nitrogens is 1. The van der Waals surface area contributed by atoms with Gasteiger partial charge in [0.15, 0.2) is 0 Å². The standard InChI is InChI=1S/C17H16FN3O3/c1-3-24-17(23)13-9-21-15-11(5-7-20(21)2)10(4-6-19)14(18)8-12(15)16(13)22/h8-9H,3-5,7H2,1-2H3. The summed E-state index contributed by atoms with van der Waals surface area (Å²) < 4.78 is 21.0. The van der Waals surface area contributed by atoms with E-state index in [1.54, 1.807) is 11.6 Å². The average molecular weight is 329 g/mol. The van der Waals surface area contributed by atoms with Crippen LogP contribution in [0.25, 0.3) is 10.9 Å². The van der Waals surface area contributed by atoms with Gasteiger partial charge in [0.25, 0.3) is 0 Å². The van der Waals surface area contributed by atoms with Crippen LogP contribution in [0.4, 0.5) is 4.39 Å². The number of pyridine rings is 1. The van der Waals surface area contributed by atoms with Gasteiger partial charge in [-0.05, 0) is 25.0 Å². The molecule has 24 heavy (non-hydrogen) atoms. The Labute approximate surface area is 137 Å². The van der Waals surface area contributed by atoms with Gasteiger partial charge in [-0.2, -0.15) is 5.26 Å². The van der Waals surface area contributed by atoms with Crippen molar-refractivity contribution in [2.45, 2.75) is 19.8 Å². The van der Waals surface area contributed by atoms with Crippen molar-refractivity contribution in [2.75, 3.05) is 25.2 Å². The van der Waals surface area contributed by atoms with Crippen molar-refractivity contribution in [1.29, 1.82) is 5.26 Å². The highest BCUT2D eigenvalue weighted by Gasteiger charge is 2.26. The van der Waals surface area contributed by atoms with Crippen molar-refractivity contribution in [1.82, 2.24) is 4.68 Å². The number of carbonyl (C=O) groups is 1. The van der Waals surface area contributed by atoms with Crippen molar-refractivity contribution < 1.29 is 13.9 Å². The van der Waals surface area contributed by atoms with Crippen LogP contribution in [0, 0.1) is 17.1 Å². The molecule has 0 aliphatic carbocycles.